The van der Waals surface area contributed by atoms with E-state index in [-0.39, 0.29) is 5.91 Å². The number of carbonyl (C=O) groups excluding carboxylic acids is 1. The van der Waals surface area contributed by atoms with Gasteiger partial charge in [0.05, 0.1) is 7.11 Å². The van der Waals surface area contributed by atoms with Crippen molar-refractivity contribution in [2.24, 2.45) is 4.99 Å². The summed E-state index contributed by atoms with van der Waals surface area (Å²) in [6.07, 6.45) is 4.84. The minimum Gasteiger partial charge on any atom is -0.482 e. The number of dihydropyridines is 1. The lowest BCUT2D eigenvalue weighted by atomic mass is 9.75. The maximum Gasteiger partial charge on any atom is 0.256 e. The number of nitrogens with zero attached hydrogens (tertiary/aromatic N) is 2. The van der Waals surface area contributed by atoms with E-state index in [1.807, 2.05) is 17.0 Å². The lowest BCUT2D eigenvalue weighted by Gasteiger charge is -2.50. The molecule has 1 amide bonds. The van der Waals surface area contributed by atoms with Crippen molar-refractivity contribution < 1.29 is 9.53 Å². The van der Waals surface area contributed by atoms with Crippen molar-refractivity contribution in [3.05, 3.63) is 41.5 Å². The first-order chi connectivity index (χ1) is 10.2. The van der Waals surface area contributed by atoms with E-state index in [0.717, 1.165) is 30.9 Å². The molecular weight excluding hydrogens is 264 g/mol. The predicted molar refractivity (Wildman–Crippen MR) is 79.0 cm³/mol. The molecule has 1 saturated heterocycles. The monoisotopic (exact) mass is 280 g/mol. The second-order valence-corrected chi connectivity index (χ2v) is 6.36. The summed E-state index contributed by atoms with van der Waals surface area (Å²) < 4.78 is 5.59. The Labute approximate surface area is 123 Å². The highest BCUT2D eigenvalue weighted by Gasteiger charge is 2.65. The Bertz CT molecular complexity index is 751. The normalized spacial score (nSPS) is 35.1. The van der Waals surface area contributed by atoms with Gasteiger partial charge in [0.25, 0.3) is 5.91 Å². The van der Waals surface area contributed by atoms with Crippen LogP contribution in [0, 0.1) is 0 Å². The molecule has 0 saturated carbocycles. The number of ether oxygens (including phenoxy) is 1. The summed E-state index contributed by atoms with van der Waals surface area (Å²) in [5.41, 5.74) is 2.31. The Kier molecular flexibility index (Phi) is 1.86. The van der Waals surface area contributed by atoms with E-state index in [4.69, 9.17) is 9.73 Å². The first kappa shape index (κ1) is 11.5. The van der Waals surface area contributed by atoms with Gasteiger partial charge in [-0.1, -0.05) is 24.3 Å². The number of carbonyl (C=O) groups is 1. The van der Waals surface area contributed by atoms with E-state index in [0.29, 0.717) is 6.42 Å². The van der Waals surface area contributed by atoms with Crippen LogP contribution in [0.4, 0.5) is 0 Å². The van der Waals surface area contributed by atoms with E-state index in [1.54, 1.807) is 7.11 Å². The molecule has 4 heterocycles. The molecule has 0 aromatic heterocycles. The molecule has 1 fully saturated rings. The zero-order valence-electron chi connectivity index (χ0n) is 11.9. The van der Waals surface area contributed by atoms with Crippen molar-refractivity contribution in [3.8, 4) is 0 Å². The Hall–Kier alpha value is -2.10. The lowest BCUT2D eigenvalue weighted by molar-refractivity contribution is -0.138. The molecule has 2 spiro atoms. The largest absolute Gasteiger partial charge is 0.482 e. The number of aliphatic imine (C=N–C) groups is 1. The summed E-state index contributed by atoms with van der Waals surface area (Å²) >= 11 is 0. The van der Waals surface area contributed by atoms with Crippen molar-refractivity contribution in [1.82, 2.24) is 4.90 Å². The van der Waals surface area contributed by atoms with E-state index < -0.39 is 11.1 Å². The molecular formula is C17H16N2O2. The average molecular weight is 280 g/mol. The Morgan fingerprint density at radius 3 is 3.05 bits per heavy atom. The molecule has 4 heteroatoms. The van der Waals surface area contributed by atoms with Gasteiger partial charge in [0.15, 0.2) is 5.54 Å². The summed E-state index contributed by atoms with van der Waals surface area (Å²) in [5.74, 6) is 0.880. The fraction of sp³-hybridized carbons (Fsp3) is 0.412. The van der Waals surface area contributed by atoms with E-state index in [2.05, 4.69) is 18.2 Å². The highest BCUT2D eigenvalue weighted by Crippen LogP contribution is 2.55. The lowest BCUT2D eigenvalue weighted by Crippen LogP contribution is -2.66. The molecule has 6 rings (SSSR count). The molecule has 4 aliphatic heterocycles. The van der Waals surface area contributed by atoms with Crippen LogP contribution in [0.25, 0.3) is 5.57 Å². The highest BCUT2D eigenvalue weighted by molar-refractivity contribution is 6.16. The molecule has 2 bridgehead atoms. The smallest absolute Gasteiger partial charge is 0.256 e. The van der Waals surface area contributed by atoms with Crippen LogP contribution in [0.1, 0.15) is 24.0 Å². The third-order valence-corrected chi connectivity index (χ3v) is 5.46. The second-order valence-electron chi connectivity index (χ2n) is 6.36. The van der Waals surface area contributed by atoms with Gasteiger partial charge in [-0.15, -0.1) is 0 Å². The highest BCUT2D eigenvalue weighted by atomic mass is 16.5. The summed E-state index contributed by atoms with van der Waals surface area (Å²) in [5, 5.41) is 0. The molecule has 2 atom stereocenters. The van der Waals surface area contributed by atoms with E-state index in [9.17, 15) is 4.79 Å². The average Bonchev–Trinajstić information content (AvgIpc) is 3.07. The van der Waals surface area contributed by atoms with Gasteiger partial charge in [-0.2, -0.15) is 0 Å². The number of methoxy groups -OCH3 is 1. The third kappa shape index (κ3) is 1.07. The summed E-state index contributed by atoms with van der Waals surface area (Å²) in [4.78, 5) is 19.9. The van der Waals surface area contributed by atoms with Gasteiger partial charge < -0.3 is 9.64 Å². The van der Waals surface area contributed by atoms with Crippen LogP contribution >= 0.6 is 0 Å². The number of fused-ring (bicyclic) bond motifs is 1. The van der Waals surface area contributed by atoms with Gasteiger partial charge in [-0.25, -0.2) is 4.99 Å². The van der Waals surface area contributed by atoms with Crippen molar-refractivity contribution in [1.29, 1.82) is 0 Å². The molecule has 21 heavy (non-hydrogen) atoms. The van der Waals surface area contributed by atoms with Gasteiger partial charge in [0.2, 0.25) is 5.90 Å². The summed E-state index contributed by atoms with van der Waals surface area (Å²) in [6, 6.07) is 8.29. The Balaban J connectivity index is 1.84. The van der Waals surface area contributed by atoms with Gasteiger partial charge >= 0.3 is 0 Å². The molecule has 4 nitrogen and oxygen atoms in total. The zero-order valence-corrected chi connectivity index (χ0v) is 11.9. The van der Waals surface area contributed by atoms with Crippen LogP contribution < -0.4 is 0 Å². The minimum atomic E-state index is -0.763. The third-order valence-electron chi connectivity index (χ3n) is 5.46. The van der Waals surface area contributed by atoms with Crippen molar-refractivity contribution >= 4 is 17.4 Å². The molecule has 0 radical (unpaired) electrons. The van der Waals surface area contributed by atoms with Crippen molar-refractivity contribution in [2.45, 2.75) is 30.3 Å². The number of hydrogen-bond donors (Lipinski definition) is 0. The Morgan fingerprint density at radius 1 is 1.33 bits per heavy atom. The van der Waals surface area contributed by atoms with E-state index in [1.165, 1.54) is 11.1 Å². The molecule has 5 aliphatic rings. The van der Waals surface area contributed by atoms with Crippen LogP contribution in [0.5, 0.6) is 0 Å². The van der Waals surface area contributed by atoms with E-state index >= 15 is 0 Å². The predicted octanol–water partition coefficient (Wildman–Crippen LogP) is 1.80. The van der Waals surface area contributed by atoms with Crippen LogP contribution in [0.3, 0.4) is 0 Å². The molecule has 1 aromatic rings. The maximum atomic E-state index is 13.1. The first-order valence-electron chi connectivity index (χ1n) is 7.49. The summed E-state index contributed by atoms with van der Waals surface area (Å²) in [7, 11) is 1.67. The number of rotatable bonds is 0. The molecule has 2 unspecified atom stereocenters. The van der Waals surface area contributed by atoms with Crippen LogP contribution in [0.2, 0.25) is 0 Å². The van der Waals surface area contributed by atoms with Gasteiger partial charge in [0.1, 0.15) is 5.54 Å². The SMILES string of the molecule is COC1=NC23Cc4ccccc4C2=CC12CCCN2C3=O. The first-order valence-corrected chi connectivity index (χ1v) is 7.49. The van der Waals surface area contributed by atoms with Crippen LogP contribution in [-0.4, -0.2) is 41.4 Å². The molecule has 1 aliphatic carbocycles. The van der Waals surface area contributed by atoms with Crippen LogP contribution in [0.15, 0.2) is 35.3 Å². The standard InChI is InChI=1S/C17H16N2O2/c1-21-14-16-7-4-8-19(16)15(20)17(18-14)9-11-5-2-3-6-12(11)13(17)10-16/h2-3,5-6,10H,4,7-9H2,1H3. The number of hydrogen-bond acceptors (Lipinski definition) is 3. The second kappa shape index (κ2) is 3.38. The minimum absolute atomic E-state index is 0.162. The number of benzene rings is 1. The van der Waals surface area contributed by atoms with Crippen LogP contribution in [-0.2, 0) is 16.0 Å². The van der Waals surface area contributed by atoms with Gasteiger partial charge in [-0.3, -0.25) is 4.79 Å². The molecule has 0 N–H and O–H groups in total. The number of amides is 1. The van der Waals surface area contributed by atoms with Gasteiger partial charge in [0, 0.05) is 13.0 Å². The summed E-state index contributed by atoms with van der Waals surface area (Å²) in [6.45, 7) is 0.809. The maximum absolute atomic E-state index is 13.1. The molecule has 1 aromatic carbocycles. The Morgan fingerprint density at radius 2 is 2.19 bits per heavy atom. The fourth-order valence-electron chi connectivity index (χ4n) is 4.58. The fourth-order valence-corrected chi connectivity index (χ4v) is 4.58. The zero-order chi connectivity index (χ0) is 14.2. The van der Waals surface area contributed by atoms with Crippen molar-refractivity contribution in [2.75, 3.05) is 13.7 Å². The van der Waals surface area contributed by atoms with Gasteiger partial charge in [-0.05, 0) is 35.6 Å². The quantitative estimate of drug-likeness (QED) is 0.727. The van der Waals surface area contributed by atoms with Crippen molar-refractivity contribution in [3.63, 3.8) is 0 Å². The molecule has 106 valence electrons. The topological polar surface area (TPSA) is 41.9 Å².